The molecule has 1 atom stereocenters. The number of amides is 1. The van der Waals surface area contributed by atoms with Crippen LogP contribution in [-0.4, -0.2) is 54.9 Å². The van der Waals surface area contributed by atoms with Gasteiger partial charge in [-0.2, -0.15) is 0 Å². The summed E-state index contributed by atoms with van der Waals surface area (Å²) in [5.74, 6) is -1.40. The molecule has 1 saturated heterocycles. The fourth-order valence-corrected chi connectivity index (χ4v) is 4.25. The van der Waals surface area contributed by atoms with E-state index in [2.05, 4.69) is 16.8 Å². The number of ketones is 1. The number of aliphatic hydroxyl groups excluding tert-OH is 1. The van der Waals surface area contributed by atoms with Gasteiger partial charge in [-0.1, -0.05) is 0 Å². The van der Waals surface area contributed by atoms with E-state index in [1.54, 1.807) is 18.2 Å². The van der Waals surface area contributed by atoms with Gasteiger partial charge in [0.25, 0.3) is 5.91 Å². The monoisotopic (exact) mass is 433 g/mol. The largest absolute Gasteiger partial charge is 0.503 e. The minimum Gasteiger partial charge on any atom is -0.503 e. The number of carbonyl (C=O) groups excluding carboxylic acids is 2. The average Bonchev–Trinajstić information content (AvgIpc) is 3.57. The number of hydrogen-bond donors (Lipinski definition) is 1. The molecule has 0 aliphatic carbocycles. The molecule has 0 saturated carbocycles. The molecule has 1 aromatic carbocycles. The van der Waals surface area contributed by atoms with Crippen molar-refractivity contribution in [3.63, 3.8) is 0 Å². The molecule has 32 heavy (non-hydrogen) atoms. The van der Waals surface area contributed by atoms with Gasteiger partial charge in [-0.15, -0.1) is 0 Å². The molecule has 2 aliphatic rings. The number of carbonyl (C=O) groups is 2. The number of aliphatic hydroxyl groups is 1. The summed E-state index contributed by atoms with van der Waals surface area (Å²) in [7, 11) is 2.11. The van der Waals surface area contributed by atoms with Crippen LogP contribution in [0.4, 0.5) is 11.4 Å². The van der Waals surface area contributed by atoms with Gasteiger partial charge in [0.1, 0.15) is 11.8 Å². The predicted molar refractivity (Wildman–Crippen MR) is 118 cm³/mol. The zero-order valence-electron chi connectivity index (χ0n) is 17.6. The summed E-state index contributed by atoms with van der Waals surface area (Å²) in [6, 6.07) is 13.1. The molecule has 2 aliphatic heterocycles. The third-order valence-corrected chi connectivity index (χ3v) is 6.01. The summed E-state index contributed by atoms with van der Waals surface area (Å²) in [5, 5.41) is 10.7. The van der Waals surface area contributed by atoms with Crippen LogP contribution in [0.1, 0.15) is 22.4 Å². The molecule has 3 aromatic rings. The molecule has 5 rings (SSSR count). The summed E-state index contributed by atoms with van der Waals surface area (Å²) in [5.41, 5.74) is 1.55. The van der Waals surface area contributed by atoms with Crippen molar-refractivity contribution in [3.8, 4) is 0 Å². The van der Waals surface area contributed by atoms with Crippen molar-refractivity contribution in [2.24, 2.45) is 0 Å². The Bertz CT molecular complexity index is 1140. The second-order valence-electron chi connectivity index (χ2n) is 7.97. The van der Waals surface area contributed by atoms with Crippen LogP contribution in [0.3, 0.4) is 0 Å². The number of nitrogens with zero attached hydrogens (tertiary/aromatic N) is 3. The zero-order valence-corrected chi connectivity index (χ0v) is 17.6. The molecule has 2 aromatic heterocycles. The van der Waals surface area contributed by atoms with Crippen molar-refractivity contribution in [1.29, 1.82) is 0 Å². The summed E-state index contributed by atoms with van der Waals surface area (Å²) in [6.07, 6.45) is 2.84. The Kier molecular flexibility index (Phi) is 5.07. The van der Waals surface area contributed by atoms with E-state index in [4.69, 9.17) is 8.83 Å². The van der Waals surface area contributed by atoms with Gasteiger partial charge < -0.3 is 23.7 Å². The molecule has 1 N–H and O–H groups in total. The quantitative estimate of drug-likeness (QED) is 0.617. The Balaban J connectivity index is 1.49. The normalized spacial score (nSPS) is 19.8. The first-order chi connectivity index (χ1) is 15.5. The van der Waals surface area contributed by atoms with Gasteiger partial charge in [0.15, 0.2) is 11.5 Å². The van der Waals surface area contributed by atoms with Gasteiger partial charge in [-0.3, -0.25) is 14.5 Å². The zero-order chi connectivity index (χ0) is 22.2. The molecule has 1 amide bonds. The maximum atomic E-state index is 13.1. The number of likely N-dealkylation sites (N-methyl/N-ethyl adjacent to an activating group) is 1. The standard InChI is InChI=1S/C24H23N3O5/c1-25-10-12-26(13-11-25)16-6-8-17(9-7-16)27-21(18-4-2-14-31-18)20(23(29)24(27)30)22(28)19-5-3-15-32-19/h2-9,14-15,21,29H,10-13H2,1H3. The molecular weight excluding hydrogens is 410 g/mol. The van der Waals surface area contributed by atoms with E-state index in [1.165, 1.54) is 23.5 Å². The molecule has 4 heterocycles. The third kappa shape index (κ3) is 3.38. The number of hydrogen-bond acceptors (Lipinski definition) is 7. The van der Waals surface area contributed by atoms with Gasteiger partial charge in [0.05, 0.1) is 18.1 Å². The van der Waals surface area contributed by atoms with Crippen LogP contribution in [0.2, 0.25) is 0 Å². The maximum Gasteiger partial charge on any atom is 0.294 e. The first-order valence-corrected chi connectivity index (χ1v) is 10.5. The Morgan fingerprint density at radius 3 is 2.22 bits per heavy atom. The van der Waals surface area contributed by atoms with E-state index < -0.39 is 23.5 Å². The van der Waals surface area contributed by atoms with Crippen molar-refractivity contribution in [2.75, 3.05) is 43.0 Å². The lowest BCUT2D eigenvalue weighted by Crippen LogP contribution is -2.44. The number of rotatable bonds is 5. The molecular formula is C24H23N3O5. The molecule has 1 unspecified atom stereocenters. The van der Waals surface area contributed by atoms with Crippen LogP contribution in [0.5, 0.6) is 0 Å². The number of furan rings is 2. The van der Waals surface area contributed by atoms with Gasteiger partial charge >= 0.3 is 0 Å². The van der Waals surface area contributed by atoms with Crippen LogP contribution in [0.15, 0.2) is 81.2 Å². The lowest BCUT2D eigenvalue weighted by Gasteiger charge is -2.34. The molecule has 8 nitrogen and oxygen atoms in total. The molecule has 0 radical (unpaired) electrons. The van der Waals surface area contributed by atoms with E-state index in [0.29, 0.717) is 11.4 Å². The molecule has 164 valence electrons. The van der Waals surface area contributed by atoms with Gasteiger partial charge in [-0.25, -0.2) is 0 Å². The van der Waals surface area contributed by atoms with Gasteiger partial charge in [-0.05, 0) is 55.6 Å². The fraction of sp³-hybridized carbons (Fsp3) is 0.250. The Labute approximate surface area is 184 Å². The number of anilines is 2. The second-order valence-corrected chi connectivity index (χ2v) is 7.97. The highest BCUT2D eigenvalue weighted by atomic mass is 16.3. The first kappa shape index (κ1) is 20.1. The Morgan fingerprint density at radius 1 is 0.938 bits per heavy atom. The highest BCUT2D eigenvalue weighted by Crippen LogP contribution is 2.42. The van der Waals surface area contributed by atoms with Gasteiger partial charge in [0.2, 0.25) is 5.78 Å². The predicted octanol–water partition coefficient (Wildman–Crippen LogP) is 3.41. The lowest BCUT2D eigenvalue weighted by molar-refractivity contribution is -0.117. The van der Waals surface area contributed by atoms with E-state index in [1.807, 2.05) is 24.3 Å². The minimum atomic E-state index is -0.899. The smallest absolute Gasteiger partial charge is 0.294 e. The fourth-order valence-electron chi connectivity index (χ4n) is 4.25. The van der Waals surface area contributed by atoms with Crippen molar-refractivity contribution in [3.05, 3.63) is 83.9 Å². The van der Waals surface area contributed by atoms with Gasteiger partial charge in [0, 0.05) is 37.6 Å². The minimum absolute atomic E-state index is 0.0446. The summed E-state index contributed by atoms with van der Waals surface area (Å²) in [4.78, 5) is 32.2. The summed E-state index contributed by atoms with van der Waals surface area (Å²) < 4.78 is 10.8. The Hall–Kier alpha value is -3.78. The van der Waals surface area contributed by atoms with Crippen LogP contribution >= 0.6 is 0 Å². The van der Waals surface area contributed by atoms with Crippen LogP contribution < -0.4 is 9.80 Å². The van der Waals surface area contributed by atoms with Crippen LogP contribution in [-0.2, 0) is 4.79 Å². The number of benzene rings is 1. The maximum absolute atomic E-state index is 13.1. The summed E-state index contributed by atoms with van der Waals surface area (Å²) in [6.45, 7) is 3.83. The average molecular weight is 433 g/mol. The topological polar surface area (TPSA) is 90.4 Å². The highest BCUT2D eigenvalue weighted by Gasteiger charge is 2.46. The number of piperazine rings is 1. The molecule has 8 heteroatoms. The third-order valence-electron chi connectivity index (χ3n) is 6.01. The van der Waals surface area contributed by atoms with E-state index in [-0.39, 0.29) is 11.3 Å². The highest BCUT2D eigenvalue weighted by molar-refractivity contribution is 6.20. The SMILES string of the molecule is CN1CCN(c2ccc(N3C(=O)C(O)=C(C(=O)c4ccco4)C3c3ccco3)cc2)CC1. The van der Waals surface area contributed by atoms with Crippen LogP contribution in [0, 0.1) is 0 Å². The molecule has 1 fully saturated rings. The van der Waals surface area contributed by atoms with E-state index >= 15 is 0 Å². The number of Topliss-reactive ketones (excluding diaryl/α,β-unsaturated/α-hetero) is 1. The lowest BCUT2D eigenvalue weighted by atomic mass is 9.99. The molecule has 0 spiro atoms. The van der Waals surface area contributed by atoms with Crippen molar-refractivity contribution < 1.29 is 23.5 Å². The molecule has 0 bridgehead atoms. The van der Waals surface area contributed by atoms with Crippen molar-refractivity contribution >= 4 is 23.1 Å². The second kappa shape index (κ2) is 8.05. The van der Waals surface area contributed by atoms with Crippen molar-refractivity contribution in [2.45, 2.75) is 6.04 Å². The first-order valence-electron chi connectivity index (χ1n) is 10.5. The van der Waals surface area contributed by atoms with E-state index in [9.17, 15) is 14.7 Å². The summed E-state index contributed by atoms with van der Waals surface area (Å²) >= 11 is 0. The van der Waals surface area contributed by atoms with Crippen molar-refractivity contribution in [1.82, 2.24) is 4.90 Å². The van der Waals surface area contributed by atoms with Crippen LogP contribution in [0.25, 0.3) is 0 Å². The van der Waals surface area contributed by atoms with E-state index in [0.717, 1.165) is 31.9 Å². The Morgan fingerprint density at radius 2 is 1.59 bits per heavy atom.